The quantitative estimate of drug-likeness (QED) is 0.708. The van der Waals surface area contributed by atoms with Gasteiger partial charge in [0.05, 0.1) is 11.4 Å². The number of unbranched alkanes of at least 4 members (excludes halogenated alkanes) is 3. The standard InChI is InChI=1S/C22H24N2O4/c25-21-19(27-17-11-7-5-9-15(17)23-21)13-3-1-2-4-14-20-22(26)24-16-10-6-8-12-18(16)28-20/h5-12,19-20H,1-4,13-14H2,(H,23,25)(H,24,26). The highest BCUT2D eigenvalue weighted by atomic mass is 16.5. The molecule has 0 saturated heterocycles. The SMILES string of the molecule is O=C1Nc2ccccc2OC1CCCCCCC1Oc2ccccc2NC1=O. The lowest BCUT2D eigenvalue weighted by Crippen LogP contribution is -2.37. The van der Waals surface area contributed by atoms with E-state index in [4.69, 9.17) is 9.47 Å². The summed E-state index contributed by atoms with van der Waals surface area (Å²) in [6.45, 7) is 0. The molecule has 2 unspecified atom stereocenters. The Morgan fingerprint density at radius 1 is 0.643 bits per heavy atom. The van der Waals surface area contributed by atoms with Crippen LogP contribution >= 0.6 is 0 Å². The van der Waals surface area contributed by atoms with E-state index in [1.807, 2.05) is 48.5 Å². The lowest BCUT2D eigenvalue weighted by atomic mass is 10.0. The van der Waals surface area contributed by atoms with E-state index in [9.17, 15) is 9.59 Å². The van der Waals surface area contributed by atoms with Gasteiger partial charge in [0, 0.05) is 0 Å². The predicted molar refractivity (Wildman–Crippen MR) is 107 cm³/mol. The zero-order chi connectivity index (χ0) is 19.3. The van der Waals surface area contributed by atoms with Crippen molar-refractivity contribution in [2.45, 2.75) is 50.7 Å². The second-order valence-corrected chi connectivity index (χ2v) is 7.18. The molecule has 146 valence electrons. The molecule has 0 aliphatic carbocycles. The highest BCUT2D eigenvalue weighted by molar-refractivity contribution is 5.98. The topological polar surface area (TPSA) is 76.7 Å². The lowest BCUT2D eigenvalue weighted by Gasteiger charge is -2.26. The molecule has 2 aromatic carbocycles. The summed E-state index contributed by atoms with van der Waals surface area (Å²) in [6.07, 6.45) is 4.29. The van der Waals surface area contributed by atoms with Crippen LogP contribution in [-0.2, 0) is 9.59 Å². The molecule has 0 radical (unpaired) electrons. The zero-order valence-electron chi connectivity index (χ0n) is 15.6. The molecule has 6 heteroatoms. The second-order valence-electron chi connectivity index (χ2n) is 7.18. The van der Waals surface area contributed by atoms with Crippen molar-refractivity contribution in [3.05, 3.63) is 48.5 Å². The number of hydrogen-bond acceptors (Lipinski definition) is 4. The summed E-state index contributed by atoms with van der Waals surface area (Å²) in [5.41, 5.74) is 1.46. The first-order valence-corrected chi connectivity index (χ1v) is 9.84. The number of benzene rings is 2. The number of nitrogens with one attached hydrogen (secondary N) is 2. The average molecular weight is 380 g/mol. The largest absolute Gasteiger partial charge is 0.478 e. The number of fused-ring (bicyclic) bond motifs is 2. The summed E-state index contributed by atoms with van der Waals surface area (Å²) in [5, 5.41) is 5.79. The van der Waals surface area contributed by atoms with E-state index in [1.54, 1.807) is 0 Å². The molecule has 28 heavy (non-hydrogen) atoms. The molecule has 0 spiro atoms. The van der Waals surface area contributed by atoms with E-state index in [0.717, 1.165) is 48.6 Å². The molecule has 2 heterocycles. The number of amides is 2. The first kappa shape index (κ1) is 18.3. The van der Waals surface area contributed by atoms with Crippen LogP contribution in [0.5, 0.6) is 11.5 Å². The van der Waals surface area contributed by atoms with Crippen LogP contribution in [-0.4, -0.2) is 24.0 Å². The highest BCUT2D eigenvalue weighted by Gasteiger charge is 2.28. The van der Waals surface area contributed by atoms with Crippen molar-refractivity contribution in [1.29, 1.82) is 0 Å². The van der Waals surface area contributed by atoms with E-state index >= 15 is 0 Å². The van der Waals surface area contributed by atoms with Crippen molar-refractivity contribution in [2.24, 2.45) is 0 Å². The fraction of sp³-hybridized carbons (Fsp3) is 0.364. The third kappa shape index (κ3) is 4.11. The Hall–Kier alpha value is -3.02. The van der Waals surface area contributed by atoms with E-state index in [0.29, 0.717) is 12.8 Å². The lowest BCUT2D eigenvalue weighted by molar-refractivity contribution is -0.124. The Morgan fingerprint density at radius 2 is 1.07 bits per heavy atom. The Kier molecular flexibility index (Phi) is 5.46. The van der Waals surface area contributed by atoms with Crippen LogP contribution in [0.1, 0.15) is 38.5 Å². The monoisotopic (exact) mass is 380 g/mol. The third-order valence-corrected chi connectivity index (χ3v) is 5.10. The van der Waals surface area contributed by atoms with Crippen molar-refractivity contribution in [1.82, 2.24) is 0 Å². The molecular formula is C22H24N2O4. The molecule has 6 nitrogen and oxygen atoms in total. The summed E-state index contributed by atoms with van der Waals surface area (Å²) < 4.78 is 11.6. The highest BCUT2D eigenvalue weighted by Crippen LogP contribution is 2.31. The van der Waals surface area contributed by atoms with E-state index in [1.165, 1.54) is 0 Å². The van der Waals surface area contributed by atoms with Crippen LogP contribution in [0.4, 0.5) is 11.4 Å². The maximum absolute atomic E-state index is 12.1. The Bertz CT molecular complexity index is 796. The first-order chi connectivity index (χ1) is 13.7. The smallest absolute Gasteiger partial charge is 0.265 e. The summed E-state index contributed by atoms with van der Waals surface area (Å²) >= 11 is 0. The normalized spacial score (nSPS) is 20.1. The van der Waals surface area contributed by atoms with Crippen molar-refractivity contribution in [2.75, 3.05) is 10.6 Å². The van der Waals surface area contributed by atoms with Gasteiger partial charge < -0.3 is 20.1 Å². The number of anilines is 2. The molecule has 2 atom stereocenters. The van der Waals surface area contributed by atoms with Crippen LogP contribution in [0.25, 0.3) is 0 Å². The Morgan fingerprint density at radius 3 is 1.54 bits per heavy atom. The van der Waals surface area contributed by atoms with E-state index < -0.39 is 12.2 Å². The van der Waals surface area contributed by atoms with Gasteiger partial charge in [-0.3, -0.25) is 9.59 Å². The number of carbonyl (C=O) groups excluding carboxylic acids is 2. The number of carbonyl (C=O) groups is 2. The van der Waals surface area contributed by atoms with Gasteiger partial charge in [-0.05, 0) is 49.9 Å². The number of ether oxygens (including phenoxy) is 2. The van der Waals surface area contributed by atoms with E-state index in [-0.39, 0.29) is 11.8 Å². The van der Waals surface area contributed by atoms with Gasteiger partial charge in [0.2, 0.25) is 0 Å². The number of rotatable bonds is 7. The summed E-state index contributed by atoms with van der Waals surface area (Å²) in [4.78, 5) is 24.2. The van der Waals surface area contributed by atoms with Crippen LogP contribution in [0.3, 0.4) is 0 Å². The molecule has 0 fully saturated rings. The molecule has 2 amide bonds. The van der Waals surface area contributed by atoms with Gasteiger partial charge in [0.15, 0.2) is 12.2 Å². The summed E-state index contributed by atoms with van der Waals surface area (Å²) in [6, 6.07) is 15.0. The van der Waals surface area contributed by atoms with Gasteiger partial charge in [-0.1, -0.05) is 37.1 Å². The number of para-hydroxylation sites is 4. The Labute approximate surface area is 164 Å². The molecule has 0 aromatic heterocycles. The van der Waals surface area contributed by atoms with Gasteiger partial charge in [0.25, 0.3) is 11.8 Å². The maximum Gasteiger partial charge on any atom is 0.265 e. The van der Waals surface area contributed by atoms with Crippen molar-refractivity contribution in [3.8, 4) is 11.5 Å². The molecule has 4 rings (SSSR count). The Balaban J connectivity index is 1.16. The van der Waals surface area contributed by atoms with E-state index in [2.05, 4.69) is 10.6 Å². The molecule has 2 N–H and O–H groups in total. The van der Waals surface area contributed by atoms with Crippen LogP contribution in [0.15, 0.2) is 48.5 Å². The van der Waals surface area contributed by atoms with Gasteiger partial charge in [-0.25, -0.2) is 0 Å². The fourth-order valence-corrected chi connectivity index (χ4v) is 3.58. The molecule has 2 aliphatic rings. The average Bonchev–Trinajstić information content (AvgIpc) is 2.71. The van der Waals surface area contributed by atoms with Crippen molar-refractivity contribution in [3.63, 3.8) is 0 Å². The minimum atomic E-state index is -0.432. The van der Waals surface area contributed by atoms with Crippen LogP contribution in [0, 0.1) is 0 Å². The molecular weight excluding hydrogens is 356 g/mol. The third-order valence-electron chi connectivity index (χ3n) is 5.10. The summed E-state index contributed by atoms with van der Waals surface area (Å²) in [5.74, 6) is 1.30. The first-order valence-electron chi connectivity index (χ1n) is 9.84. The molecule has 0 bridgehead atoms. The fourth-order valence-electron chi connectivity index (χ4n) is 3.58. The zero-order valence-corrected chi connectivity index (χ0v) is 15.6. The second kappa shape index (κ2) is 8.33. The van der Waals surface area contributed by atoms with Gasteiger partial charge in [0.1, 0.15) is 11.5 Å². The van der Waals surface area contributed by atoms with Crippen LogP contribution in [0.2, 0.25) is 0 Å². The van der Waals surface area contributed by atoms with Crippen molar-refractivity contribution < 1.29 is 19.1 Å². The molecule has 2 aliphatic heterocycles. The van der Waals surface area contributed by atoms with Crippen molar-refractivity contribution >= 4 is 23.2 Å². The predicted octanol–water partition coefficient (Wildman–Crippen LogP) is 4.13. The minimum Gasteiger partial charge on any atom is -0.478 e. The molecule has 0 saturated carbocycles. The van der Waals surface area contributed by atoms with Gasteiger partial charge in [-0.15, -0.1) is 0 Å². The minimum absolute atomic E-state index is 0.0790. The number of hydrogen-bond donors (Lipinski definition) is 2. The molecule has 2 aromatic rings. The van der Waals surface area contributed by atoms with Crippen LogP contribution < -0.4 is 20.1 Å². The van der Waals surface area contributed by atoms with Gasteiger partial charge >= 0.3 is 0 Å². The summed E-state index contributed by atoms with van der Waals surface area (Å²) in [7, 11) is 0. The van der Waals surface area contributed by atoms with Gasteiger partial charge in [-0.2, -0.15) is 0 Å². The maximum atomic E-state index is 12.1.